The molecule has 11 heteroatoms. The number of Topliss-reactive ketones (excluding diaryl/α,β-unsaturated/α-hetero) is 1. The first-order chi connectivity index (χ1) is 17.9. The van der Waals surface area contributed by atoms with Gasteiger partial charge in [-0.1, -0.05) is 13.8 Å². The minimum atomic E-state index is -4.39. The predicted octanol–water partition coefficient (Wildman–Crippen LogP) is 4.40. The fourth-order valence-corrected chi connectivity index (χ4v) is 9.47. The molecule has 0 aromatic heterocycles. The van der Waals surface area contributed by atoms with Gasteiger partial charge in [-0.25, -0.2) is 9.65 Å². The zero-order chi connectivity index (χ0) is 27.7. The lowest BCUT2D eigenvalue weighted by atomic mass is 9.45. The van der Waals surface area contributed by atoms with E-state index >= 15 is 0 Å². The van der Waals surface area contributed by atoms with Crippen LogP contribution in [0.2, 0.25) is 0 Å². The molecule has 6 unspecified atom stereocenters. The summed E-state index contributed by atoms with van der Waals surface area (Å²) >= 11 is 0. The van der Waals surface area contributed by atoms with Crippen molar-refractivity contribution in [2.24, 2.45) is 34.5 Å². The van der Waals surface area contributed by atoms with E-state index in [9.17, 15) is 23.8 Å². The molecular formula is C27H44NO9P. The quantitative estimate of drug-likeness (QED) is 0.200. The first-order valence-electron chi connectivity index (χ1n) is 14.2. The number of carbonyl (C=O) groups excluding carboxylic acids is 1. The van der Waals surface area contributed by atoms with Crippen LogP contribution in [0.1, 0.15) is 90.9 Å². The third-order valence-corrected chi connectivity index (χ3v) is 11.7. The summed E-state index contributed by atoms with van der Waals surface area (Å²) in [6.07, 6.45) is 9.32. The molecule has 216 valence electrons. The van der Waals surface area contributed by atoms with Gasteiger partial charge in [-0.05, 0) is 93.3 Å². The number of ether oxygens (including phenoxy) is 1. The molecule has 4 saturated carbocycles. The van der Waals surface area contributed by atoms with Crippen LogP contribution in [-0.2, 0) is 28.2 Å². The molecule has 10 nitrogen and oxygen atoms in total. The number of carbonyl (C=O) groups is 3. The van der Waals surface area contributed by atoms with E-state index in [-0.39, 0.29) is 24.5 Å². The lowest BCUT2D eigenvalue weighted by Crippen LogP contribution is -2.54. The zero-order valence-electron chi connectivity index (χ0n) is 22.6. The lowest BCUT2D eigenvalue weighted by Gasteiger charge is -2.60. The van der Waals surface area contributed by atoms with Crippen LogP contribution in [0.3, 0.4) is 0 Å². The molecule has 4 fully saturated rings. The van der Waals surface area contributed by atoms with E-state index in [1.807, 2.05) is 5.09 Å². The van der Waals surface area contributed by atoms with Crippen molar-refractivity contribution in [3.63, 3.8) is 0 Å². The van der Waals surface area contributed by atoms with Crippen molar-refractivity contribution in [2.75, 3.05) is 13.2 Å². The first kappa shape index (κ1) is 29.7. The van der Waals surface area contributed by atoms with Gasteiger partial charge in [0.15, 0.2) is 0 Å². The Bertz CT molecular complexity index is 959. The van der Waals surface area contributed by atoms with Gasteiger partial charge < -0.3 is 19.8 Å². The van der Waals surface area contributed by atoms with Crippen molar-refractivity contribution in [1.82, 2.24) is 5.09 Å². The number of ketones is 1. The van der Waals surface area contributed by atoms with Gasteiger partial charge >= 0.3 is 19.7 Å². The van der Waals surface area contributed by atoms with Gasteiger partial charge in [0.05, 0.1) is 12.7 Å². The second-order valence-corrected chi connectivity index (χ2v) is 14.1. The molecule has 0 radical (unpaired) electrons. The van der Waals surface area contributed by atoms with Gasteiger partial charge in [-0.3, -0.25) is 18.9 Å². The third-order valence-electron chi connectivity index (χ3n) is 10.5. The molecule has 9 atom stereocenters. The highest BCUT2D eigenvalue weighted by molar-refractivity contribution is 7.50. The molecule has 4 aliphatic rings. The molecule has 0 heterocycles. The first-order valence-corrected chi connectivity index (χ1v) is 15.8. The summed E-state index contributed by atoms with van der Waals surface area (Å²) in [5.74, 6) is 0.417. The normalized spacial score (nSPS) is 38.9. The minimum Gasteiger partial charge on any atom is -0.481 e. The van der Waals surface area contributed by atoms with E-state index in [1.54, 1.807) is 0 Å². The van der Waals surface area contributed by atoms with Gasteiger partial charge in [0.25, 0.3) is 0 Å². The summed E-state index contributed by atoms with van der Waals surface area (Å²) in [4.78, 5) is 44.5. The van der Waals surface area contributed by atoms with Crippen molar-refractivity contribution < 1.29 is 43.3 Å². The topological polar surface area (TPSA) is 159 Å². The SMILES string of the molecule is C[C@]12CCC(OCCCOP(=O)(O)N[C@@H](CCC(=O)O)C(=O)O)CC1CCC1C2CC[C@]2(C)C(=O)CCC12. The molecule has 0 aliphatic heterocycles. The van der Waals surface area contributed by atoms with Gasteiger partial charge in [0.1, 0.15) is 11.8 Å². The van der Waals surface area contributed by atoms with E-state index in [0.29, 0.717) is 47.9 Å². The molecule has 4 rings (SSSR count). The minimum absolute atomic E-state index is 0.0808. The van der Waals surface area contributed by atoms with Crippen molar-refractivity contribution in [2.45, 2.75) is 103 Å². The summed E-state index contributed by atoms with van der Waals surface area (Å²) in [6, 6.07) is -1.49. The zero-order valence-corrected chi connectivity index (χ0v) is 23.5. The third kappa shape index (κ3) is 6.20. The number of carboxylic acids is 2. The maximum atomic E-state index is 12.6. The fraction of sp³-hybridized carbons (Fsp3) is 0.889. The molecule has 0 aromatic carbocycles. The van der Waals surface area contributed by atoms with Crippen molar-refractivity contribution >= 4 is 25.5 Å². The summed E-state index contributed by atoms with van der Waals surface area (Å²) in [5, 5.41) is 19.9. The molecule has 0 spiro atoms. The van der Waals surface area contributed by atoms with Crippen molar-refractivity contribution in [1.29, 1.82) is 0 Å². The maximum absolute atomic E-state index is 12.6. The van der Waals surface area contributed by atoms with E-state index in [4.69, 9.17) is 19.5 Å². The Labute approximate surface area is 224 Å². The van der Waals surface area contributed by atoms with Crippen LogP contribution in [0.15, 0.2) is 0 Å². The highest BCUT2D eigenvalue weighted by atomic mass is 31.2. The van der Waals surface area contributed by atoms with Gasteiger partial charge in [-0.15, -0.1) is 0 Å². The van der Waals surface area contributed by atoms with E-state index in [2.05, 4.69) is 13.8 Å². The Balaban J connectivity index is 1.20. The molecule has 38 heavy (non-hydrogen) atoms. The van der Waals surface area contributed by atoms with Crippen LogP contribution in [0.5, 0.6) is 0 Å². The summed E-state index contributed by atoms with van der Waals surface area (Å²) < 4.78 is 23.3. The maximum Gasteiger partial charge on any atom is 0.403 e. The van der Waals surface area contributed by atoms with Crippen molar-refractivity contribution in [3.8, 4) is 0 Å². The summed E-state index contributed by atoms with van der Waals surface area (Å²) in [5.41, 5.74) is 0.211. The molecule has 0 saturated heterocycles. The molecule has 0 aromatic rings. The second kappa shape index (κ2) is 11.7. The number of rotatable bonds is 12. The van der Waals surface area contributed by atoms with Crippen LogP contribution in [0, 0.1) is 34.5 Å². The van der Waals surface area contributed by atoms with Crippen molar-refractivity contribution in [3.05, 3.63) is 0 Å². The Kier molecular flexibility index (Phi) is 9.10. The van der Waals surface area contributed by atoms with E-state index < -0.39 is 32.1 Å². The Morgan fingerprint density at radius 3 is 2.55 bits per heavy atom. The second-order valence-electron chi connectivity index (χ2n) is 12.5. The largest absolute Gasteiger partial charge is 0.481 e. The number of nitrogens with one attached hydrogen (secondary N) is 1. The number of hydrogen-bond acceptors (Lipinski definition) is 6. The fourth-order valence-electron chi connectivity index (χ4n) is 8.38. The van der Waals surface area contributed by atoms with E-state index in [1.165, 1.54) is 12.8 Å². The van der Waals surface area contributed by atoms with Crippen LogP contribution in [-0.4, -0.2) is 58.2 Å². The number of hydrogen-bond donors (Lipinski definition) is 4. The standard InChI is InChI=1S/C27H44NO9P/c1-26-12-10-18(36-14-3-15-37-38(34,35)28-22(25(32)33)7-9-24(30)31)16-17(26)4-5-19-20-6-8-23(29)27(20,2)13-11-21(19)26/h17-22H,3-16H2,1-2H3,(H,30,31)(H,32,33)(H2,28,34,35)/t17?,18?,19?,20?,21?,22-,26-,27-/m0/s1. The average molecular weight is 558 g/mol. The molecule has 0 bridgehead atoms. The van der Waals surface area contributed by atoms with Crippen LogP contribution in [0.25, 0.3) is 0 Å². The lowest BCUT2D eigenvalue weighted by molar-refractivity contribution is -0.145. The highest BCUT2D eigenvalue weighted by Gasteiger charge is 2.60. The smallest absolute Gasteiger partial charge is 0.403 e. The van der Waals surface area contributed by atoms with Crippen LogP contribution >= 0.6 is 7.75 Å². The predicted molar refractivity (Wildman–Crippen MR) is 138 cm³/mol. The molecule has 4 N–H and O–H groups in total. The highest BCUT2D eigenvalue weighted by Crippen LogP contribution is 2.65. The van der Waals surface area contributed by atoms with Crippen LogP contribution in [0.4, 0.5) is 0 Å². The molecule has 0 amide bonds. The number of carboxylic acid groups (broad SMARTS) is 2. The summed E-state index contributed by atoms with van der Waals surface area (Å²) in [7, 11) is -4.39. The monoisotopic (exact) mass is 557 g/mol. The summed E-state index contributed by atoms with van der Waals surface area (Å²) in [6.45, 7) is 5.00. The van der Waals surface area contributed by atoms with Gasteiger partial charge in [0, 0.05) is 24.9 Å². The van der Waals surface area contributed by atoms with Gasteiger partial charge in [0.2, 0.25) is 0 Å². The number of aliphatic carboxylic acids is 2. The van der Waals surface area contributed by atoms with Gasteiger partial charge in [-0.2, -0.15) is 0 Å². The van der Waals surface area contributed by atoms with E-state index in [0.717, 1.165) is 44.9 Å². The average Bonchev–Trinajstić information content (AvgIpc) is 3.15. The number of fused-ring (bicyclic) bond motifs is 5. The molecular weight excluding hydrogens is 513 g/mol. The Morgan fingerprint density at radius 1 is 1.08 bits per heavy atom. The Hall–Kier alpha value is -1.32. The van der Waals surface area contributed by atoms with Crippen LogP contribution < -0.4 is 5.09 Å². The molecule has 4 aliphatic carbocycles. The Morgan fingerprint density at radius 2 is 1.84 bits per heavy atom.